The monoisotopic (exact) mass is 253 g/mol. The molecule has 0 saturated heterocycles. The van der Waals surface area contributed by atoms with Crippen molar-refractivity contribution in [2.75, 3.05) is 0 Å². The molecule has 0 bridgehead atoms. The first kappa shape index (κ1) is 11.4. The van der Waals surface area contributed by atoms with E-state index in [2.05, 4.69) is 6.07 Å². The van der Waals surface area contributed by atoms with Crippen LogP contribution in [0, 0.1) is 11.9 Å². The van der Waals surface area contributed by atoms with Gasteiger partial charge in [-0.3, -0.25) is 0 Å². The molecule has 0 atom stereocenters. The van der Waals surface area contributed by atoms with Crippen LogP contribution in [0.1, 0.15) is 11.1 Å². The summed E-state index contributed by atoms with van der Waals surface area (Å²) in [4.78, 5) is 0. The normalized spacial score (nSPS) is 10.4. The summed E-state index contributed by atoms with van der Waals surface area (Å²) in [6, 6.07) is 12.9. The first-order chi connectivity index (χ1) is 7.65. The molecule has 2 aromatic carbocycles. The van der Waals surface area contributed by atoms with E-state index in [0.29, 0.717) is 22.0 Å². The summed E-state index contributed by atoms with van der Waals surface area (Å²) in [6.07, 6.45) is 0.473. The largest absolute Gasteiger partial charge is 0.207 e. The topological polar surface area (TPSA) is 0 Å². The number of hydrogen-bond acceptors (Lipinski definition) is 0. The molecule has 3 heteroatoms. The van der Waals surface area contributed by atoms with Crippen LogP contribution in [-0.2, 0) is 6.42 Å². The zero-order chi connectivity index (χ0) is 11.5. The second-order valence-electron chi connectivity index (χ2n) is 3.45. The van der Waals surface area contributed by atoms with E-state index in [1.165, 1.54) is 6.07 Å². The Labute approximate surface area is 104 Å². The van der Waals surface area contributed by atoms with Gasteiger partial charge in [-0.1, -0.05) is 41.4 Å². The van der Waals surface area contributed by atoms with Gasteiger partial charge in [0.2, 0.25) is 0 Å². The Morgan fingerprint density at radius 3 is 2.31 bits per heavy atom. The van der Waals surface area contributed by atoms with Crippen molar-refractivity contribution in [3.05, 3.63) is 69.5 Å². The van der Waals surface area contributed by atoms with Crippen molar-refractivity contribution in [3.8, 4) is 0 Å². The van der Waals surface area contributed by atoms with Crippen molar-refractivity contribution >= 4 is 23.2 Å². The quantitative estimate of drug-likeness (QED) is 0.738. The van der Waals surface area contributed by atoms with Crippen LogP contribution in [0.25, 0.3) is 0 Å². The minimum Gasteiger partial charge on any atom is -0.207 e. The number of hydrogen-bond donors (Lipinski definition) is 0. The molecule has 0 aliphatic heterocycles. The molecule has 0 N–H and O–H groups in total. The predicted octanol–water partition coefficient (Wildman–Crippen LogP) is 4.52. The van der Waals surface area contributed by atoms with Gasteiger partial charge in [0.25, 0.3) is 0 Å². The fourth-order valence-corrected chi connectivity index (χ4v) is 2.05. The fraction of sp³-hybridized carbons (Fsp3) is 0.0769. The van der Waals surface area contributed by atoms with Crippen LogP contribution in [0.5, 0.6) is 0 Å². The molecular weight excluding hydrogens is 246 g/mol. The van der Waals surface area contributed by atoms with E-state index < -0.39 is 0 Å². The van der Waals surface area contributed by atoms with Crippen molar-refractivity contribution in [2.24, 2.45) is 0 Å². The van der Waals surface area contributed by atoms with Gasteiger partial charge in [-0.15, -0.1) is 0 Å². The van der Waals surface area contributed by atoms with Gasteiger partial charge in [0.05, 0.1) is 10.0 Å². The van der Waals surface area contributed by atoms with Crippen molar-refractivity contribution < 1.29 is 4.39 Å². The molecule has 0 fully saturated rings. The maximum absolute atomic E-state index is 13.4. The van der Waals surface area contributed by atoms with Gasteiger partial charge in [0, 0.05) is 12.5 Å². The molecule has 0 nitrogen and oxygen atoms in total. The summed E-state index contributed by atoms with van der Waals surface area (Å²) in [7, 11) is 0. The number of rotatable bonds is 2. The maximum Gasteiger partial charge on any atom is 0.126 e. The van der Waals surface area contributed by atoms with Gasteiger partial charge in [0.15, 0.2) is 0 Å². The summed E-state index contributed by atoms with van der Waals surface area (Å²) < 4.78 is 13.4. The molecule has 81 valence electrons. The minimum absolute atomic E-state index is 0.220. The van der Waals surface area contributed by atoms with Crippen LogP contribution in [-0.4, -0.2) is 0 Å². The van der Waals surface area contributed by atoms with Gasteiger partial charge in [-0.2, -0.15) is 0 Å². The van der Waals surface area contributed by atoms with Crippen LogP contribution >= 0.6 is 23.2 Å². The predicted molar refractivity (Wildman–Crippen MR) is 64.5 cm³/mol. The lowest BCUT2D eigenvalue weighted by Crippen LogP contribution is -1.92. The summed E-state index contributed by atoms with van der Waals surface area (Å²) in [5, 5.41) is 0.887. The van der Waals surface area contributed by atoms with Gasteiger partial charge in [0.1, 0.15) is 5.82 Å². The SMILES string of the molecule is Fc1ccccc1Cc1cc(Cl)[c]c(Cl)c1. The van der Waals surface area contributed by atoms with E-state index in [1.807, 2.05) is 0 Å². The molecule has 0 heterocycles. The van der Waals surface area contributed by atoms with E-state index in [-0.39, 0.29) is 5.82 Å². The maximum atomic E-state index is 13.4. The molecule has 0 unspecified atom stereocenters. The minimum atomic E-state index is -0.220. The Morgan fingerprint density at radius 1 is 1.06 bits per heavy atom. The Bertz CT molecular complexity index is 489. The molecule has 2 rings (SSSR count). The molecular formula is C13H8Cl2F. The van der Waals surface area contributed by atoms with E-state index >= 15 is 0 Å². The highest BCUT2D eigenvalue weighted by atomic mass is 35.5. The molecule has 0 saturated carbocycles. The van der Waals surface area contributed by atoms with Crippen LogP contribution in [0.2, 0.25) is 10.0 Å². The lowest BCUT2D eigenvalue weighted by molar-refractivity contribution is 0.614. The third-order valence-electron chi connectivity index (χ3n) is 2.22. The fourth-order valence-electron chi connectivity index (χ4n) is 1.52. The average Bonchev–Trinajstić information content (AvgIpc) is 2.20. The lowest BCUT2D eigenvalue weighted by Gasteiger charge is -2.04. The standard InChI is InChI=1S/C13H8Cl2F/c14-11-6-9(7-12(15)8-11)5-10-3-1-2-4-13(10)16/h1-4,6-7H,5H2. The summed E-state index contributed by atoms with van der Waals surface area (Å²) in [6.45, 7) is 0. The molecule has 1 radical (unpaired) electrons. The second kappa shape index (κ2) is 4.86. The van der Waals surface area contributed by atoms with Crippen molar-refractivity contribution in [3.63, 3.8) is 0 Å². The number of benzene rings is 2. The van der Waals surface area contributed by atoms with Crippen molar-refractivity contribution in [2.45, 2.75) is 6.42 Å². The highest BCUT2D eigenvalue weighted by Gasteiger charge is 2.04. The van der Waals surface area contributed by atoms with E-state index in [4.69, 9.17) is 23.2 Å². The van der Waals surface area contributed by atoms with Gasteiger partial charge in [-0.05, 0) is 29.3 Å². The molecule has 0 aliphatic carbocycles. The molecule has 2 aromatic rings. The van der Waals surface area contributed by atoms with Gasteiger partial charge in [-0.25, -0.2) is 4.39 Å². The Morgan fingerprint density at radius 2 is 1.69 bits per heavy atom. The summed E-state index contributed by atoms with van der Waals surface area (Å²) >= 11 is 11.6. The molecule has 0 spiro atoms. The van der Waals surface area contributed by atoms with Crippen LogP contribution in [0.15, 0.2) is 36.4 Å². The summed E-state index contributed by atoms with van der Waals surface area (Å²) in [5.41, 5.74) is 1.50. The zero-order valence-corrected chi connectivity index (χ0v) is 9.82. The first-order valence-corrected chi connectivity index (χ1v) is 5.51. The highest BCUT2D eigenvalue weighted by molar-refractivity contribution is 6.34. The Balaban J connectivity index is 2.30. The highest BCUT2D eigenvalue weighted by Crippen LogP contribution is 2.21. The Kier molecular flexibility index (Phi) is 3.47. The molecule has 0 aliphatic rings. The third kappa shape index (κ3) is 2.75. The summed E-state index contributed by atoms with van der Waals surface area (Å²) in [5.74, 6) is -0.220. The first-order valence-electron chi connectivity index (χ1n) is 4.76. The van der Waals surface area contributed by atoms with Crippen molar-refractivity contribution in [1.29, 1.82) is 0 Å². The van der Waals surface area contributed by atoms with Gasteiger partial charge < -0.3 is 0 Å². The lowest BCUT2D eigenvalue weighted by atomic mass is 10.0. The third-order valence-corrected chi connectivity index (χ3v) is 2.62. The van der Waals surface area contributed by atoms with Crippen molar-refractivity contribution in [1.82, 2.24) is 0 Å². The van der Waals surface area contributed by atoms with Crippen LogP contribution in [0.3, 0.4) is 0 Å². The van der Waals surface area contributed by atoms with E-state index in [1.54, 1.807) is 30.3 Å². The zero-order valence-electron chi connectivity index (χ0n) is 8.31. The molecule has 0 aromatic heterocycles. The van der Waals surface area contributed by atoms with Crippen LogP contribution in [0.4, 0.5) is 4.39 Å². The second-order valence-corrected chi connectivity index (χ2v) is 4.27. The molecule has 16 heavy (non-hydrogen) atoms. The van der Waals surface area contributed by atoms with Crippen LogP contribution < -0.4 is 0 Å². The average molecular weight is 254 g/mol. The number of halogens is 3. The van der Waals surface area contributed by atoms with Gasteiger partial charge >= 0.3 is 0 Å². The van der Waals surface area contributed by atoms with E-state index in [0.717, 1.165) is 5.56 Å². The Hall–Kier alpha value is -1.05. The smallest absolute Gasteiger partial charge is 0.126 e. The molecule has 0 amide bonds. The van der Waals surface area contributed by atoms with E-state index in [9.17, 15) is 4.39 Å².